The summed E-state index contributed by atoms with van der Waals surface area (Å²) in [5, 5.41) is 19.7. The number of aliphatic hydroxyl groups is 2. The molecule has 3 rings (SSSR count). The average molecular weight is 270 g/mol. The Morgan fingerprint density at radius 2 is 2.00 bits per heavy atom. The highest BCUT2D eigenvalue weighted by Gasteiger charge is 2.33. The summed E-state index contributed by atoms with van der Waals surface area (Å²) in [6.45, 7) is 1.75. The largest absolute Gasteiger partial charge is 0.488 e. The molecule has 1 aromatic rings. The molecule has 0 aliphatic carbocycles. The number of fused-ring (bicyclic) bond motifs is 1. The molecule has 0 bridgehead atoms. The molecule has 1 saturated heterocycles. The Hall–Kier alpha value is -0.810. The van der Waals surface area contributed by atoms with Crippen LogP contribution in [0.2, 0.25) is 5.02 Å². The Balaban J connectivity index is 1.61. The Morgan fingerprint density at radius 1 is 1.28 bits per heavy atom. The molecule has 3 atom stereocenters. The maximum Gasteiger partial charge on any atom is 0.123 e. The molecule has 1 fully saturated rings. The lowest BCUT2D eigenvalue weighted by molar-refractivity contribution is 0.0572. The minimum atomic E-state index is -0.636. The lowest BCUT2D eigenvalue weighted by Crippen LogP contribution is -2.34. The van der Waals surface area contributed by atoms with Crippen LogP contribution in [-0.4, -0.2) is 53.1 Å². The number of likely N-dealkylation sites (tertiary alicyclic amines) is 1. The summed E-state index contributed by atoms with van der Waals surface area (Å²) in [6, 6.07) is 5.65. The molecule has 0 spiro atoms. The van der Waals surface area contributed by atoms with Crippen LogP contribution in [0.5, 0.6) is 5.75 Å². The van der Waals surface area contributed by atoms with E-state index in [0.717, 1.165) is 29.3 Å². The summed E-state index contributed by atoms with van der Waals surface area (Å²) in [6.07, 6.45) is -0.360. The van der Waals surface area contributed by atoms with E-state index < -0.39 is 12.2 Å². The van der Waals surface area contributed by atoms with Crippen molar-refractivity contribution in [3.63, 3.8) is 0 Å². The Labute approximate surface area is 111 Å². The van der Waals surface area contributed by atoms with Gasteiger partial charge in [-0.15, -0.1) is 0 Å². The Morgan fingerprint density at radius 3 is 2.72 bits per heavy atom. The minimum Gasteiger partial charge on any atom is -0.488 e. The number of ether oxygens (including phenoxy) is 1. The fourth-order valence-corrected chi connectivity index (χ4v) is 2.87. The summed E-state index contributed by atoms with van der Waals surface area (Å²) >= 11 is 5.95. The van der Waals surface area contributed by atoms with Gasteiger partial charge >= 0.3 is 0 Å². The predicted octanol–water partition coefficient (Wildman–Crippen LogP) is 0.681. The number of benzene rings is 1. The second-order valence-electron chi connectivity index (χ2n) is 5.05. The van der Waals surface area contributed by atoms with Crippen molar-refractivity contribution in [3.05, 3.63) is 28.8 Å². The first-order valence-electron chi connectivity index (χ1n) is 6.15. The molecular weight excluding hydrogens is 254 g/mol. The van der Waals surface area contributed by atoms with Crippen molar-refractivity contribution >= 4 is 11.6 Å². The maximum absolute atomic E-state index is 9.50. The van der Waals surface area contributed by atoms with Crippen molar-refractivity contribution in [2.24, 2.45) is 0 Å². The molecule has 4 nitrogen and oxygen atoms in total. The fourth-order valence-electron chi connectivity index (χ4n) is 2.67. The van der Waals surface area contributed by atoms with Crippen molar-refractivity contribution in [2.45, 2.75) is 24.7 Å². The molecule has 3 unspecified atom stereocenters. The molecule has 2 N–H and O–H groups in total. The summed E-state index contributed by atoms with van der Waals surface area (Å²) in [5.74, 6) is 0.893. The third kappa shape index (κ3) is 2.34. The van der Waals surface area contributed by atoms with Gasteiger partial charge in [0.15, 0.2) is 0 Å². The van der Waals surface area contributed by atoms with Crippen LogP contribution < -0.4 is 4.74 Å². The second kappa shape index (κ2) is 4.70. The van der Waals surface area contributed by atoms with Gasteiger partial charge < -0.3 is 14.9 Å². The topological polar surface area (TPSA) is 52.9 Å². The molecule has 0 amide bonds. The third-order valence-corrected chi connectivity index (χ3v) is 3.80. The van der Waals surface area contributed by atoms with Crippen molar-refractivity contribution in [1.29, 1.82) is 0 Å². The van der Waals surface area contributed by atoms with Crippen molar-refractivity contribution in [1.82, 2.24) is 4.90 Å². The fraction of sp³-hybridized carbons (Fsp3) is 0.538. The van der Waals surface area contributed by atoms with Crippen LogP contribution in [0, 0.1) is 0 Å². The van der Waals surface area contributed by atoms with Gasteiger partial charge in [-0.05, 0) is 23.8 Å². The molecule has 98 valence electrons. The minimum absolute atomic E-state index is 0.0796. The second-order valence-corrected chi connectivity index (χ2v) is 5.49. The van der Waals surface area contributed by atoms with E-state index in [4.69, 9.17) is 16.3 Å². The van der Waals surface area contributed by atoms with E-state index in [1.807, 2.05) is 23.1 Å². The number of nitrogens with zero attached hydrogens (tertiary/aromatic N) is 1. The quantitative estimate of drug-likeness (QED) is 0.829. The zero-order valence-electron chi connectivity index (χ0n) is 9.92. The van der Waals surface area contributed by atoms with Gasteiger partial charge in [-0.25, -0.2) is 0 Å². The molecule has 1 aromatic carbocycles. The molecule has 2 aliphatic heterocycles. The van der Waals surface area contributed by atoms with Crippen molar-refractivity contribution in [3.8, 4) is 5.75 Å². The van der Waals surface area contributed by atoms with Gasteiger partial charge in [0.25, 0.3) is 0 Å². The van der Waals surface area contributed by atoms with E-state index in [1.54, 1.807) is 0 Å². The molecule has 0 radical (unpaired) electrons. The van der Waals surface area contributed by atoms with Gasteiger partial charge in [0, 0.05) is 31.1 Å². The Kier molecular flexibility index (Phi) is 3.20. The van der Waals surface area contributed by atoms with Crippen LogP contribution in [-0.2, 0) is 6.42 Å². The highest BCUT2D eigenvalue weighted by Crippen LogP contribution is 2.31. The number of hydrogen-bond donors (Lipinski definition) is 2. The van der Waals surface area contributed by atoms with Gasteiger partial charge in [0.05, 0.1) is 12.2 Å². The zero-order valence-corrected chi connectivity index (χ0v) is 10.7. The molecule has 2 heterocycles. The number of rotatable bonds is 2. The monoisotopic (exact) mass is 269 g/mol. The molecular formula is C13H16ClNO3. The van der Waals surface area contributed by atoms with Crippen molar-refractivity contribution < 1.29 is 14.9 Å². The summed E-state index contributed by atoms with van der Waals surface area (Å²) in [7, 11) is 0. The number of hydrogen-bond acceptors (Lipinski definition) is 4. The summed E-state index contributed by atoms with van der Waals surface area (Å²) < 4.78 is 5.83. The number of halogens is 1. The smallest absolute Gasteiger partial charge is 0.123 e. The SMILES string of the molecule is OC1CN(CC2Cc3cc(Cl)ccc3O2)CC1O. The van der Waals surface area contributed by atoms with Gasteiger partial charge in [-0.1, -0.05) is 11.6 Å². The van der Waals surface area contributed by atoms with Crippen molar-refractivity contribution in [2.75, 3.05) is 19.6 Å². The van der Waals surface area contributed by atoms with Crippen LogP contribution in [0.25, 0.3) is 0 Å². The number of β-amino-alcohol motifs (C(OH)–C–C–N with tert-alkyl or cyclic N) is 2. The van der Waals surface area contributed by atoms with Gasteiger partial charge in [-0.2, -0.15) is 0 Å². The van der Waals surface area contributed by atoms with E-state index in [1.165, 1.54) is 0 Å². The molecule has 0 aromatic heterocycles. The Bertz CT molecular complexity index is 444. The van der Waals surface area contributed by atoms with E-state index in [9.17, 15) is 10.2 Å². The van der Waals surface area contributed by atoms with Crippen LogP contribution >= 0.6 is 11.6 Å². The van der Waals surface area contributed by atoms with E-state index in [0.29, 0.717) is 13.1 Å². The predicted molar refractivity (Wildman–Crippen MR) is 68.0 cm³/mol. The zero-order chi connectivity index (χ0) is 12.7. The highest BCUT2D eigenvalue weighted by atomic mass is 35.5. The van der Waals surface area contributed by atoms with Crippen LogP contribution in [0.1, 0.15) is 5.56 Å². The van der Waals surface area contributed by atoms with Crippen LogP contribution in [0.3, 0.4) is 0 Å². The molecule has 0 saturated carbocycles. The van der Waals surface area contributed by atoms with E-state index in [2.05, 4.69) is 0 Å². The standard InChI is InChI=1S/C13H16ClNO3/c14-9-1-2-13-8(3-9)4-10(18-13)5-15-6-11(16)12(17)7-15/h1-3,10-12,16-17H,4-7H2. The first-order valence-corrected chi connectivity index (χ1v) is 6.53. The maximum atomic E-state index is 9.50. The first kappa shape index (κ1) is 12.2. The highest BCUT2D eigenvalue weighted by molar-refractivity contribution is 6.30. The molecule has 18 heavy (non-hydrogen) atoms. The number of aliphatic hydroxyl groups excluding tert-OH is 2. The van der Waals surface area contributed by atoms with Gasteiger partial charge in [0.1, 0.15) is 11.9 Å². The lowest BCUT2D eigenvalue weighted by atomic mass is 10.1. The van der Waals surface area contributed by atoms with Crippen LogP contribution in [0.4, 0.5) is 0 Å². The van der Waals surface area contributed by atoms with Crippen LogP contribution in [0.15, 0.2) is 18.2 Å². The molecule has 2 aliphatic rings. The van der Waals surface area contributed by atoms with Gasteiger partial charge in [-0.3, -0.25) is 4.90 Å². The lowest BCUT2D eigenvalue weighted by Gasteiger charge is -2.19. The third-order valence-electron chi connectivity index (χ3n) is 3.56. The summed E-state index contributed by atoms with van der Waals surface area (Å²) in [4.78, 5) is 2.04. The summed E-state index contributed by atoms with van der Waals surface area (Å²) in [5.41, 5.74) is 1.13. The average Bonchev–Trinajstić information content (AvgIpc) is 2.82. The first-order chi connectivity index (χ1) is 8.61. The van der Waals surface area contributed by atoms with Gasteiger partial charge in [0.2, 0.25) is 0 Å². The normalized spacial score (nSPS) is 31.4. The van der Waals surface area contributed by atoms with E-state index in [-0.39, 0.29) is 6.10 Å². The molecule has 5 heteroatoms. The van der Waals surface area contributed by atoms with E-state index >= 15 is 0 Å².